The number of carboxylic acids is 1. The minimum Gasteiger partial charge on any atom is -0.494 e. The number of hydrogen-bond donors (Lipinski definition) is 2. The van der Waals surface area contributed by atoms with Crippen LogP contribution in [0.1, 0.15) is 18.1 Å². The van der Waals surface area contributed by atoms with Crippen molar-refractivity contribution >= 4 is 40.6 Å². The molecule has 1 aliphatic rings. The van der Waals surface area contributed by atoms with Crippen molar-refractivity contribution in [2.45, 2.75) is 13.8 Å². The zero-order valence-corrected chi connectivity index (χ0v) is 18.1. The second-order valence-corrected chi connectivity index (χ2v) is 7.51. The minimum absolute atomic E-state index is 0.264. The van der Waals surface area contributed by atoms with Crippen molar-refractivity contribution in [2.75, 3.05) is 20.3 Å². The maximum Gasteiger partial charge on any atom is 0.341 e. The van der Waals surface area contributed by atoms with E-state index in [1.165, 1.54) is 11.8 Å². The number of carboxylic acid groups (broad SMARTS) is 1. The summed E-state index contributed by atoms with van der Waals surface area (Å²) in [6, 6.07) is 10.7. The zero-order valence-electron chi connectivity index (χ0n) is 17.3. The molecule has 8 nitrogen and oxygen atoms in total. The molecule has 0 bridgehead atoms. The lowest BCUT2D eigenvalue weighted by Crippen LogP contribution is -2.19. The second-order valence-electron chi connectivity index (χ2n) is 6.48. The fourth-order valence-electron chi connectivity index (χ4n) is 2.77. The molecule has 0 spiro atoms. The number of carbonyl (C=O) groups excluding carboxylic acids is 1. The average Bonchev–Trinajstić information content (AvgIpc) is 3.06. The Morgan fingerprint density at radius 2 is 1.94 bits per heavy atom. The number of nitrogens with zero attached hydrogens (tertiary/aromatic N) is 1. The first-order valence-corrected chi connectivity index (χ1v) is 10.3. The number of aliphatic carboxylic acids is 1. The molecule has 0 unspecified atom stereocenters. The first kappa shape index (κ1) is 22.2. The van der Waals surface area contributed by atoms with E-state index in [4.69, 9.17) is 19.3 Å². The van der Waals surface area contributed by atoms with Crippen LogP contribution in [0.25, 0.3) is 6.08 Å². The van der Waals surface area contributed by atoms with E-state index in [1.807, 2.05) is 32.0 Å². The third kappa shape index (κ3) is 5.79. The molecule has 2 N–H and O–H groups in total. The van der Waals surface area contributed by atoms with Gasteiger partial charge < -0.3 is 24.6 Å². The molecule has 0 aromatic heterocycles. The Balaban J connectivity index is 1.84. The molecule has 3 rings (SSSR count). The number of thioether (sulfide) groups is 1. The van der Waals surface area contributed by atoms with Gasteiger partial charge in [-0.05, 0) is 67.1 Å². The van der Waals surface area contributed by atoms with Crippen molar-refractivity contribution in [3.05, 3.63) is 52.4 Å². The van der Waals surface area contributed by atoms with E-state index in [9.17, 15) is 9.59 Å². The van der Waals surface area contributed by atoms with Gasteiger partial charge in [-0.1, -0.05) is 12.1 Å². The number of rotatable bonds is 8. The number of methoxy groups -OCH3 is 1. The Morgan fingerprint density at radius 1 is 1.16 bits per heavy atom. The van der Waals surface area contributed by atoms with Crippen LogP contribution in [0, 0.1) is 6.92 Å². The summed E-state index contributed by atoms with van der Waals surface area (Å²) in [5.74, 6) is -0.00319. The summed E-state index contributed by atoms with van der Waals surface area (Å²) in [6.07, 6.45) is 1.71. The summed E-state index contributed by atoms with van der Waals surface area (Å²) < 4.78 is 16.1. The quantitative estimate of drug-likeness (QED) is 0.600. The highest BCUT2D eigenvalue weighted by Gasteiger charge is 2.24. The molecular weight excluding hydrogens is 420 g/mol. The summed E-state index contributed by atoms with van der Waals surface area (Å²) in [5.41, 5.74) is 2.36. The van der Waals surface area contributed by atoms with E-state index >= 15 is 0 Å². The first-order valence-electron chi connectivity index (χ1n) is 9.45. The molecular formula is C22H22N2O6S. The summed E-state index contributed by atoms with van der Waals surface area (Å²) in [4.78, 5) is 28.2. The summed E-state index contributed by atoms with van der Waals surface area (Å²) in [5, 5.41) is 12.0. The number of nitrogens with one attached hydrogen (secondary N) is 1. The summed E-state index contributed by atoms with van der Waals surface area (Å²) in [7, 11) is 1.57. The highest BCUT2D eigenvalue weighted by molar-refractivity contribution is 8.18. The first-order chi connectivity index (χ1) is 14.9. The Kier molecular flexibility index (Phi) is 7.19. The van der Waals surface area contributed by atoms with Crippen LogP contribution in [0.15, 0.2) is 46.3 Å². The van der Waals surface area contributed by atoms with Crippen molar-refractivity contribution in [2.24, 2.45) is 4.99 Å². The van der Waals surface area contributed by atoms with Crippen molar-refractivity contribution in [1.82, 2.24) is 5.32 Å². The highest BCUT2D eigenvalue weighted by atomic mass is 32.2. The van der Waals surface area contributed by atoms with Crippen LogP contribution < -0.4 is 19.5 Å². The molecule has 0 atom stereocenters. The molecule has 9 heteroatoms. The number of carbonyl (C=O) groups is 2. The van der Waals surface area contributed by atoms with E-state index in [-0.39, 0.29) is 5.91 Å². The van der Waals surface area contributed by atoms with E-state index in [0.29, 0.717) is 45.2 Å². The van der Waals surface area contributed by atoms with Gasteiger partial charge in [-0.25, -0.2) is 9.79 Å². The predicted octanol–water partition coefficient (Wildman–Crippen LogP) is 3.76. The van der Waals surface area contributed by atoms with Gasteiger partial charge in [-0.3, -0.25) is 4.79 Å². The second kappa shape index (κ2) is 10.0. The number of hydrogen-bond acceptors (Lipinski definition) is 7. The Hall–Kier alpha value is -3.46. The molecule has 1 fully saturated rings. The van der Waals surface area contributed by atoms with Gasteiger partial charge in [0, 0.05) is 0 Å². The largest absolute Gasteiger partial charge is 0.494 e. The molecule has 2 aromatic carbocycles. The standard InChI is InChI=1S/C22H22N2O6S/c1-4-29-18-10-14(6-8-17(18)30-12-20(25)26)11-19-21(27)24-22(31-19)23-15-9-13(2)5-7-16(15)28-3/h5-11H,4,12H2,1-3H3,(H,25,26)(H,23,24,27)/b19-11-. The van der Waals surface area contributed by atoms with Crippen molar-refractivity contribution in [3.8, 4) is 17.2 Å². The highest BCUT2D eigenvalue weighted by Crippen LogP contribution is 2.34. The Morgan fingerprint density at radius 3 is 2.65 bits per heavy atom. The molecule has 0 saturated carbocycles. The van der Waals surface area contributed by atoms with Gasteiger partial charge in [0.05, 0.1) is 18.6 Å². The molecule has 1 amide bonds. The van der Waals surface area contributed by atoms with E-state index in [2.05, 4.69) is 10.3 Å². The van der Waals surface area contributed by atoms with Crippen LogP contribution in [0.3, 0.4) is 0 Å². The number of amidine groups is 1. The van der Waals surface area contributed by atoms with Crippen LogP contribution in [-0.2, 0) is 9.59 Å². The van der Waals surface area contributed by atoms with Crippen LogP contribution in [-0.4, -0.2) is 42.5 Å². The third-order valence-corrected chi connectivity index (χ3v) is 5.03. The number of aliphatic imine (C=N–C) groups is 1. The maximum absolute atomic E-state index is 12.4. The van der Waals surface area contributed by atoms with Gasteiger partial charge >= 0.3 is 5.97 Å². The van der Waals surface area contributed by atoms with E-state index < -0.39 is 12.6 Å². The number of ether oxygens (including phenoxy) is 3. The fraction of sp³-hybridized carbons (Fsp3) is 0.227. The summed E-state index contributed by atoms with van der Waals surface area (Å²) in [6.45, 7) is 3.68. The predicted molar refractivity (Wildman–Crippen MR) is 119 cm³/mol. The molecule has 2 aromatic rings. The van der Waals surface area contributed by atoms with Gasteiger partial charge in [0.1, 0.15) is 11.4 Å². The van der Waals surface area contributed by atoms with Crippen LogP contribution in [0.5, 0.6) is 17.2 Å². The lowest BCUT2D eigenvalue weighted by atomic mass is 10.2. The molecule has 31 heavy (non-hydrogen) atoms. The lowest BCUT2D eigenvalue weighted by Gasteiger charge is -2.11. The zero-order chi connectivity index (χ0) is 22.4. The SMILES string of the molecule is CCOc1cc(/C=C2\SC(=Nc3cc(C)ccc3OC)NC2=O)ccc1OCC(=O)O. The number of aryl methyl sites for hydroxylation is 1. The topological polar surface area (TPSA) is 106 Å². The van der Waals surface area contributed by atoms with Gasteiger partial charge in [0.25, 0.3) is 5.91 Å². The Labute approximate surface area is 183 Å². The molecule has 0 aliphatic carbocycles. The molecule has 1 aliphatic heterocycles. The van der Waals surface area contributed by atoms with Gasteiger partial charge in [-0.2, -0.15) is 0 Å². The monoisotopic (exact) mass is 442 g/mol. The van der Waals surface area contributed by atoms with Crippen LogP contribution >= 0.6 is 11.8 Å². The average molecular weight is 442 g/mol. The Bertz CT molecular complexity index is 1060. The fourth-order valence-corrected chi connectivity index (χ4v) is 3.60. The smallest absolute Gasteiger partial charge is 0.341 e. The molecule has 1 saturated heterocycles. The number of amides is 1. The van der Waals surface area contributed by atoms with Crippen LogP contribution in [0.4, 0.5) is 5.69 Å². The normalized spacial score (nSPS) is 15.8. The molecule has 162 valence electrons. The third-order valence-electron chi connectivity index (χ3n) is 4.12. The minimum atomic E-state index is -1.08. The summed E-state index contributed by atoms with van der Waals surface area (Å²) >= 11 is 1.22. The molecule has 0 radical (unpaired) electrons. The van der Waals surface area contributed by atoms with Crippen molar-refractivity contribution < 1.29 is 28.9 Å². The van der Waals surface area contributed by atoms with Gasteiger partial charge in [-0.15, -0.1) is 0 Å². The number of benzene rings is 2. The maximum atomic E-state index is 12.4. The van der Waals surface area contributed by atoms with Crippen molar-refractivity contribution in [1.29, 1.82) is 0 Å². The molecule has 1 heterocycles. The van der Waals surface area contributed by atoms with Crippen LogP contribution in [0.2, 0.25) is 0 Å². The van der Waals surface area contributed by atoms with Gasteiger partial charge in [0.15, 0.2) is 23.3 Å². The van der Waals surface area contributed by atoms with Crippen molar-refractivity contribution in [3.63, 3.8) is 0 Å². The van der Waals surface area contributed by atoms with E-state index in [0.717, 1.165) is 5.56 Å². The lowest BCUT2D eigenvalue weighted by molar-refractivity contribution is -0.139. The van der Waals surface area contributed by atoms with E-state index in [1.54, 1.807) is 31.4 Å². The van der Waals surface area contributed by atoms with Gasteiger partial charge in [0.2, 0.25) is 0 Å².